The molecule has 1 aliphatic rings. The van der Waals surface area contributed by atoms with Crippen LogP contribution in [-0.4, -0.2) is 33.9 Å². The first kappa shape index (κ1) is 19.9. The van der Waals surface area contributed by atoms with Gasteiger partial charge in [-0.05, 0) is 36.6 Å². The van der Waals surface area contributed by atoms with E-state index in [1.165, 1.54) is 0 Å². The highest BCUT2D eigenvalue weighted by atomic mass is 35.5. The van der Waals surface area contributed by atoms with Gasteiger partial charge in [0.2, 0.25) is 5.82 Å². The molecule has 6 nitrogen and oxygen atoms in total. The van der Waals surface area contributed by atoms with Crippen LogP contribution in [0.25, 0.3) is 0 Å². The summed E-state index contributed by atoms with van der Waals surface area (Å²) in [5, 5.41) is 13.4. The molecule has 0 aliphatic carbocycles. The lowest BCUT2D eigenvalue weighted by Gasteiger charge is -2.29. The van der Waals surface area contributed by atoms with Gasteiger partial charge in [0.15, 0.2) is 0 Å². The van der Waals surface area contributed by atoms with E-state index in [0.717, 1.165) is 28.3 Å². The van der Waals surface area contributed by atoms with Crippen LogP contribution >= 0.6 is 11.6 Å². The molecule has 150 valence electrons. The van der Waals surface area contributed by atoms with Gasteiger partial charge in [-0.2, -0.15) is 5.26 Å². The third kappa shape index (κ3) is 4.27. The fourth-order valence-electron chi connectivity index (χ4n) is 3.58. The number of rotatable bonds is 5. The van der Waals surface area contributed by atoms with Crippen LogP contribution in [0.15, 0.2) is 54.6 Å². The number of carbonyl (C=O) groups is 1. The first-order valence-electron chi connectivity index (χ1n) is 9.77. The smallest absolute Gasteiger partial charge is 0.254 e. The zero-order chi connectivity index (χ0) is 20.9. The molecule has 1 aromatic heterocycles. The number of hydrogen-bond acceptors (Lipinski definition) is 5. The second kappa shape index (κ2) is 8.93. The molecule has 7 heteroatoms. The van der Waals surface area contributed by atoms with Crippen LogP contribution in [0.5, 0.6) is 0 Å². The van der Waals surface area contributed by atoms with Gasteiger partial charge in [0, 0.05) is 29.2 Å². The van der Waals surface area contributed by atoms with Gasteiger partial charge in [0.05, 0.1) is 12.2 Å². The van der Waals surface area contributed by atoms with Crippen molar-refractivity contribution in [3.05, 3.63) is 87.8 Å². The van der Waals surface area contributed by atoms with E-state index in [0.29, 0.717) is 37.4 Å². The van der Waals surface area contributed by atoms with Crippen molar-refractivity contribution in [2.45, 2.75) is 19.4 Å². The SMILES string of the molecule is N#Cc1nc2c(c(NCCc3ccccc3Cl)n1)CCN(C(=O)c1ccccc1)C2. The fraction of sp³-hybridized carbons (Fsp3) is 0.217. The highest BCUT2D eigenvalue weighted by molar-refractivity contribution is 6.31. The molecule has 0 radical (unpaired) electrons. The van der Waals surface area contributed by atoms with Crippen molar-refractivity contribution in [3.8, 4) is 6.07 Å². The molecular weight excluding hydrogens is 398 g/mol. The monoisotopic (exact) mass is 417 g/mol. The number of nitriles is 1. The number of anilines is 1. The number of amides is 1. The Labute approximate surface area is 180 Å². The molecule has 1 aliphatic heterocycles. The number of carbonyl (C=O) groups excluding carboxylic acids is 1. The molecule has 0 saturated carbocycles. The molecule has 2 aromatic carbocycles. The van der Waals surface area contributed by atoms with Gasteiger partial charge < -0.3 is 10.2 Å². The first-order chi connectivity index (χ1) is 14.7. The van der Waals surface area contributed by atoms with E-state index in [1.807, 2.05) is 48.5 Å². The minimum absolute atomic E-state index is 0.0356. The molecule has 1 amide bonds. The number of aromatic nitrogens is 2. The van der Waals surface area contributed by atoms with E-state index < -0.39 is 0 Å². The van der Waals surface area contributed by atoms with Gasteiger partial charge in [-0.3, -0.25) is 4.79 Å². The lowest BCUT2D eigenvalue weighted by Crippen LogP contribution is -2.37. The minimum Gasteiger partial charge on any atom is -0.369 e. The highest BCUT2D eigenvalue weighted by Crippen LogP contribution is 2.25. The summed E-state index contributed by atoms with van der Waals surface area (Å²) in [6.07, 6.45) is 1.37. The largest absolute Gasteiger partial charge is 0.369 e. The number of halogens is 1. The van der Waals surface area contributed by atoms with Crippen molar-refractivity contribution in [1.29, 1.82) is 5.26 Å². The summed E-state index contributed by atoms with van der Waals surface area (Å²) in [6.45, 7) is 1.57. The van der Waals surface area contributed by atoms with Crippen molar-refractivity contribution >= 4 is 23.3 Å². The summed E-state index contributed by atoms with van der Waals surface area (Å²) < 4.78 is 0. The Hall–Kier alpha value is -3.43. The van der Waals surface area contributed by atoms with Gasteiger partial charge in [-0.25, -0.2) is 9.97 Å². The Morgan fingerprint density at radius 2 is 1.90 bits per heavy atom. The molecule has 0 atom stereocenters. The predicted octanol–water partition coefficient (Wildman–Crippen LogP) is 3.85. The van der Waals surface area contributed by atoms with Crippen molar-refractivity contribution in [2.24, 2.45) is 0 Å². The Bertz CT molecular complexity index is 1110. The molecule has 30 heavy (non-hydrogen) atoms. The maximum atomic E-state index is 12.8. The molecule has 1 N–H and O–H groups in total. The quantitative estimate of drug-likeness (QED) is 0.681. The molecule has 2 heterocycles. The second-order valence-corrected chi connectivity index (χ2v) is 7.45. The normalized spacial score (nSPS) is 12.7. The van der Waals surface area contributed by atoms with Gasteiger partial charge >= 0.3 is 0 Å². The van der Waals surface area contributed by atoms with Gasteiger partial charge in [-0.1, -0.05) is 48.0 Å². The zero-order valence-corrected chi connectivity index (χ0v) is 17.1. The molecule has 0 unspecified atom stereocenters. The van der Waals surface area contributed by atoms with Crippen molar-refractivity contribution in [3.63, 3.8) is 0 Å². The Balaban J connectivity index is 1.51. The predicted molar refractivity (Wildman–Crippen MR) is 115 cm³/mol. The van der Waals surface area contributed by atoms with E-state index in [4.69, 9.17) is 11.6 Å². The third-order valence-corrected chi connectivity index (χ3v) is 5.49. The lowest BCUT2D eigenvalue weighted by molar-refractivity contribution is 0.0731. The summed E-state index contributed by atoms with van der Waals surface area (Å²) in [6, 6.07) is 18.9. The van der Waals surface area contributed by atoms with Crippen LogP contribution in [-0.2, 0) is 19.4 Å². The van der Waals surface area contributed by atoms with E-state index >= 15 is 0 Å². The van der Waals surface area contributed by atoms with Crippen LogP contribution in [0.1, 0.15) is 33.0 Å². The molecular formula is C23H20ClN5O. The third-order valence-electron chi connectivity index (χ3n) is 5.12. The molecule has 0 saturated heterocycles. The molecule has 4 rings (SSSR count). The molecule has 0 fully saturated rings. The highest BCUT2D eigenvalue weighted by Gasteiger charge is 2.26. The van der Waals surface area contributed by atoms with Crippen molar-refractivity contribution in [2.75, 3.05) is 18.4 Å². The summed E-state index contributed by atoms with van der Waals surface area (Å²) >= 11 is 6.23. The Morgan fingerprint density at radius 1 is 1.13 bits per heavy atom. The van der Waals surface area contributed by atoms with Crippen LogP contribution in [0.2, 0.25) is 5.02 Å². The minimum atomic E-state index is -0.0356. The Kier molecular flexibility index (Phi) is 5.92. The van der Waals surface area contributed by atoms with Crippen LogP contribution in [0, 0.1) is 11.3 Å². The second-order valence-electron chi connectivity index (χ2n) is 7.04. The van der Waals surface area contributed by atoms with E-state index in [-0.39, 0.29) is 11.7 Å². The van der Waals surface area contributed by atoms with Gasteiger partial charge in [-0.15, -0.1) is 0 Å². The van der Waals surface area contributed by atoms with Gasteiger partial charge in [0.25, 0.3) is 5.91 Å². The standard InChI is InChI=1S/C23H20ClN5O/c24-19-9-5-4-6-16(19)10-12-26-22-18-11-13-29(15-20(18)27-21(14-25)28-22)23(30)17-7-2-1-3-8-17/h1-9H,10-13,15H2,(H,26,27,28). The molecule has 0 bridgehead atoms. The number of nitrogens with one attached hydrogen (secondary N) is 1. The molecule has 3 aromatic rings. The maximum Gasteiger partial charge on any atom is 0.254 e. The fourth-order valence-corrected chi connectivity index (χ4v) is 3.81. The summed E-state index contributed by atoms with van der Waals surface area (Å²) in [7, 11) is 0. The number of fused-ring (bicyclic) bond motifs is 1. The summed E-state index contributed by atoms with van der Waals surface area (Å²) in [5.41, 5.74) is 3.38. The topological polar surface area (TPSA) is 81.9 Å². The van der Waals surface area contributed by atoms with E-state index in [9.17, 15) is 10.1 Å². The number of benzene rings is 2. The van der Waals surface area contributed by atoms with Crippen LogP contribution < -0.4 is 5.32 Å². The number of nitrogens with zero attached hydrogens (tertiary/aromatic N) is 4. The number of hydrogen-bond donors (Lipinski definition) is 1. The van der Waals surface area contributed by atoms with Gasteiger partial charge in [0.1, 0.15) is 11.9 Å². The first-order valence-corrected chi connectivity index (χ1v) is 10.1. The van der Waals surface area contributed by atoms with Crippen LogP contribution in [0.3, 0.4) is 0 Å². The Morgan fingerprint density at radius 3 is 2.67 bits per heavy atom. The zero-order valence-electron chi connectivity index (χ0n) is 16.3. The molecule has 0 spiro atoms. The maximum absolute atomic E-state index is 12.8. The van der Waals surface area contributed by atoms with Crippen LogP contribution in [0.4, 0.5) is 5.82 Å². The van der Waals surface area contributed by atoms with E-state index in [1.54, 1.807) is 17.0 Å². The lowest BCUT2D eigenvalue weighted by atomic mass is 10.0. The average Bonchev–Trinajstić information content (AvgIpc) is 2.79. The van der Waals surface area contributed by atoms with E-state index in [2.05, 4.69) is 15.3 Å². The summed E-state index contributed by atoms with van der Waals surface area (Å²) in [4.78, 5) is 23.3. The summed E-state index contributed by atoms with van der Waals surface area (Å²) in [5.74, 6) is 0.727. The van der Waals surface area contributed by atoms with Crippen molar-refractivity contribution in [1.82, 2.24) is 14.9 Å². The average molecular weight is 418 g/mol. The van der Waals surface area contributed by atoms with Crippen molar-refractivity contribution < 1.29 is 4.79 Å².